The van der Waals surface area contributed by atoms with Crippen LogP contribution in [-0.2, 0) is 32.9 Å². The van der Waals surface area contributed by atoms with Gasteiger partial charge in [-0.1, -0.05) is 165 Å². The fourth-order valence-corrected chi connectivity index (χ4v) is 9.43. The molecule has 0 saturated carbocycles. The van der Waals surface area contributed by atoms with E-state index < -0.39 is 20.3 Å². The first kappa shape index (κ1) is 40.9. The molecule has 8 rings (SSSR count). The predicted octanol–water partition coefficient (Wildman–Crippen LogP) is 14.2. The first-order chi connectivity index (χ1) is 30.0. The average Bonchev–Trinajstić information content (AvgIpc) is 3.26. The molecule has 0 N–H and O–H groups in total. The van der Waals surface area contributed by atoms with Crippen molar-refractivity contribution in [2.24, 2.45) is 0 Å². The van der Waals surface area contributed by atoms with Crippen LogP contribution in [0.1, 0.15) is 68.4 Å². The van der Waals surface area contributed by atoms with Gasteiger partial charge in [0.15, 0.2) is 0 Å². The second-order valence-corrected chi connectivity index (χ2v) is 21.9. The Hall–Kier alpha value is -5.51. The zero-order chi connectivity index (χ0) is 44.9. The van der Waals surface area contributed by atoms with Gasteiger partial charge in [-0.25, -0.2) is 0 Å². The van der Waals surface area contributed by atoms with Crippen LogP contribution in [0.4, 0.5) is 0 Å². The van der Waals surface area contributed by atoms with Crippen LogP contribution in [-0.4, -0.2) is 18.0 Å². The monoisotopic (exact) mass is 992 g/mol. The molecule has 309 valence electrons. The summed E-state index contributed by atoms with van der Waals surface area (Å²) < 4.78 is 26.7. The molecule has 0 fully saturated rings. The number of rotatable bonds is 10. The van der Waals surface area contributed by atoms with Gasteiger partial charge in [0, 0.05) is 36.6 Å². The van der Waals surface area contributed by atoms with Crippen LogP contribution in [0.25, 0.3) is 44.8 Å². The topological polar surface area (TPSA) is 25.8 Å². The van der Waals surface area contributed by atoms with Gasteiger partial charge in [0.1, 0.15) is 0 Å². The fraction of sp³-hybridized carbons (Fsp3) is 0.193. The number of nitrogens with zero attached hydrogens (tertiary/aromatic N) is 2. The minimum Gasteiger partial charge on any atom is -0.305 e. The molecule has 0 amide bonds. The Labute approximate surface area is 383 Å². The Kier molecular flexibility index (Phi) is 13.6. The van der Waals surface area contributed by atoms with Crippen LogP contribution in [0.2, 0.25) is 19.6 Å². The van der Waals surface area contributed by atoms with Crippen molar-refractivity contribution in [3.05, 3.63) is 221 Å². The zero-order valence-electron chi connectivity index (χ0n) is 39.5. The third-order valence-electron chi connectivity index (χ3n) is 10.8. The van der Waals surface area contributed by atoms with E-state index in [1.165, 1.54) is 33.0 Å². The summed E-state index contributed by atoms with van der Waals surface area (Å²) in [6, 6.07) is 57.4. The number of benzene rings is 6. The minimum absolute atomic E-state index is 0. The van der Waals surface area contributed by atoms with Crippen molar-refractivity contribution in [2.75, 3.05) is 0 Å². The Morgan fingerprint density at radius 1 is 0.623 bits per heavy atom. The minimum atomic E-state index is -1.65. The molecule has 0 aliphatic rings. The van der Waals surface area contributed by atoms with Gasteiger partial charge in [0.05, 0.1) is 8.07 Å². The molecule has 0 unspecified atom stereocenters. The zero-order valence-corrected chi connectivity index (χ0v) is 39.9. The summed E-state index contributed by atoms with van der Waals surface area (Å²) in [4.78, 5) is 9.43. The van der Waals surface area contributed by atoms with E-state index in [1.807, 2.05) is 105 Å². The van der Waals surface area contributed by atoms with Crippen molar-refractivity contribution in [1.29, 1.82) is 0 Å². The molecule has 2 nitrogen and oxygen atoms in total. The van der Waals surface area contributed by atoms with E-state index in [0.717, 1.165) is 50.3 Å². The summed E-state index contributed by atoms with van der Waals surface area (Å²) in [6.45, 7) is 17.3. The maximum atomic E-state index is 9.03. The molecule has 8 aromatic rings. The van der Waals surface area contributed by atoms with E-state index in [1.54, 1.807) is 0 Å². The van der Waals surface area contributed by atoms with Gasteiger partial charge in [-0.15, -0.1) is 70.3 Å². The molecule has 6 aromatic carbocycles. The summed E-state index contributed by atoms with van der Waals surface area (Å²) in [7, 11) is -1.57. The van der Waals surface area contributed by atoms with Crippen LogP contribution < -0.4 is 5.19 Å². The summed E-state index contributed by atoms with van der Waals surface area (Å²) in [5.74, 6) is -0.648. The van der Waals surface area contributed by atoms with Gasteiger partial charge in [0.25, 0.3) is 0 Å². The Morgan fingerprint density at radius 2 is 1.23 bits per heavy atom. The summed E-state index contributed by atoms with van der Waals surface area (Å²) >= 11 is 0. The summed E-state index contributed by atoms with van der Waals surface area (Å²) in [5, 5.41) is 1.26. The molecule has 2 aromatic heterocycles. The molecule has 0 saturated heterocycles. The maximum absolute atomic E-state index is 9.03. The normalized spacial score (nSPS) is 12.2. The molecule has 4 heteroatoms. The standard InChI is InChI=1S/C34H30N.C23H26NSi.Ir/c1-24-18-25(2)34(26(3)19-24)31-16-17-35-33(23-31)30-15-14-29(20-27-10-6-4-7-11-27)32(22-30)21-28-12-8-5-9-13-28;1-17(2)21-15-22(24-16-23(21)25(3,4)5)20-13-9-12-19(14-20)18-10-7-6-8-11-18;/h4-14,16-19,22-23H,20-21H2,1-3H3;6-12,14-17H,1-5H3;/q2*-1;/i20D2;17D;. The summed E-state index contributed by atoms with van der Waals surface area (Å²) in [5.41, 5.74) is 16.4. The molecular weight excluding hydrogens is 933 g/mol. The molecule has 0 aliphatic heterocycles. The van der Waals surface area contributed by atoms with Crippen LogP contribution in [0.3, 0.4) is 0 Å². The molecule has 0 aliphatic carbocycles. The quantitative estimate of drug-likeness (QED) is 0.101. The third kappa shape index (κ3) is 11.5. The van der Waals surface area contributed by atoms with Crippen molar-refractivity contribution in [2.45, 2.75) is 72.9 Å². The smallest absolute Gasteiger partial charge is 0.0799 e. The number of aryl methyl sites for hydroxylation is 3. The van der Waals surface area contributed by atoms with Crippen LogP contribution in [0.5, 0.6) is 0 Å². The molecule has 0 atom stereocenters. The molecule has 2 heterocycles. The number of hydrogen-bond donors (Lipinski definition) is 0. The molecule has 0 spiro atoms. The van der Waals surface area contributed by atoms with Crippen LogP contribution >= 0.6 is 0 Å². The number of aromatic nitrogens is 2. The summed E-state index contributed by atoms with van der Waals surface area (Å²) in [6.07, 6.45) is 2.83. The third-order valence-corrected chi connectivity index (χ3v) is 12.8. The largest absolute Gasteiger partial charge is 0.305 e. The van der Waals surface area contributed by atoms with E-state index >= 15 is 0 Å². The van der Waals surface area contributed by atoms with Crippen molar-refractivity contribution in [1.82, 2.24) is 9.97 Å². The van der Waals surface area contributed by atoms with E-state index in [4.69, 9.17) is 9.10 Å². The van der Waals surface area contributed by atoms with E-state index in [9.17, 15) is 0 Å². The Morgan fingerprint density at radius 3 is 1.87 bits per heavy atom. The maximum Gasteiger partial charge on any atom is 0.0799 e. The number of hydrogen-bond acceptors (Lipinski definition) is 2. The van der Waals surface area contributed by atoms with Crippen molar-refractivity contribution in [3.63, 3.8) is 0 Å². The predicted molar refractivity (Wildman–Crippen MR) is 258 cm³/mol. The molecule has 61 heavy (non-hydrogen) atoms. The molecule has 1 radical (unpaired) electrons. The SMILES string of the molecule is [2H]C(C)(C)c1cc(-c2[c-]ccc(-c3ccccc3)c2)ncc1[Si](C)(C)C.[2H]C([2H])(c1ccccc1)c1c[c-]c(-c2cc(-c3c(C)cc(C)cc3C)ccn2)cc1Cc1ccccc1.[Ir]. The van der Waals surface area contributed by atoms with Crippen molar-refractivity contribution in [3.8, 4) is 44.8 Å². The van der Waals surface area contributed by atoms with E-state index in [0.29, 0.717) is 17.5 Å². The van der Waals surface area contributed by atoms with Gasteiger partial charge in [-0.3, -0.25) is 0 Å². The van der Waals surface area contributed by atoms with Crippen molar-refractivity contribution >= 4 is 13.3 Å². The Balaban J connectivity index is 0.000000222. The van der Waals surface area contributed by atoms with Crippen LogP contribution in [0, 0.1) is 32.9 Å². The second kappa shape index (κ2) is 20.4. The second-order valence-electron chi connectivity index (χ2n) is 16.9. The van der Waals surface area contributed by atoms with E-state index in [-0.39, 0.29) is 20.1 Å². The average molecular weight is 992 g/mol. The van der Waals surface area contributed by atoms with Gasteiger partial charge < -0.3 is 9.97 Å². The molecule has 0 bridgehead atoms. The van der Waals surface area contributed by atoms with E-state index in [2.05, 4.69) is 130 Å². The van der Waals surface area contributed by atoms with Crippen LogP contribution in [0.15, 0.2) is 164 Å². The van der Waals surface area contributed by atoms with Gasteiger partial charge in [-0.05, 0) is 95.5 Å². The van der Waals surface area contributed by atoms with Gasteiger partial charge in [0.2, 0.25) is 0 Å². The number of pyridine rings is 2. The van der Waals surface area contributed by atoms with Crippen molar-refractivity contribution < 1.29 is 24.2 Å². The first-order valence-electron chi connectivity index (χ1n) is 22.3. The van der Waals surface area contributed by atoms with Gasteiger partial charge in [-0.2, -0.15) is 0 Å². The fourth-order valence-electron chi connectivity index (χ4n) is 7.85. The van der Waals surface area contributed by atoms with Gasteiger partial charge >= 0.3 is 0 Å². The Bertz CT molecular complexity index is 2810. The molecular formula is C57H56IrN2Si-2. The first-order valence-corrected chi connectivity index (χ1v) is 24.3.